The van der Waals surface area contributed by atoms with Crippen LogP contribution in [0.15, 0.2) is 59.0 Å². The van der Waals surface area contributed by atoms with Crippen LogP contribution >= 0.6 is 35.3 Å². The second-order valence-corrected chi connectivity index (χ2v) is 7.09. The molecule has 0 radical (unpaired) electrons. The summed E-state index contributed by atoms with van der Waals surface area (Å²) in [5.41, 5.74) is 3.48. The highest BCUT2D eigenvalue weighted by Gasteiger charge is 2.06. The van der Waals surface area contributed by atoms with E-state index in [0.717, 1.165) is 43.3 Å². The molecule has 2 aromatic heterocycles. The number of para-hydroxylation sites is 1. The number of aromatic nitrogens is 2. The van der Waals surface area contributed by atoms with E-state index in [9.17, 15) is 0 Å². The second kappa shape index (κ2) is 11.1. The van der Waals surface area contributed by atoms with E-state index in [1.165, 1.54) is 10.4 Å². The van der Waals surface area contributed by atoms with Gasteiger partial charge < -0.3 is 10.6 Å². The van der Waals surface area contributed by atoms with Crippen LogP contribution in [-0.2, 0) is 13.0 Å². The first-order valence-corrected chi connectivity index (χ1v) is 9.71. The third-order valence-electron chi connectivity index (χ3n) is 4.17. The van der Waals surface area contributed by atoms with Crippen molar-refractivity contribution in [1.82, 2.24) is 20.4 Å². The van der Waals surface area contributed by atoms with Gasteiger partial charge in [0.1, 0.15) is 0 Å². The summed E-state index contributed by atoms with van der Waals surface area (Å²) < 4.78 is 1.96. The Morgan fingerprint density at radius 3 is 2.67 bits per heavy atom. The van der Waals surface area contributed by atoms with Crippen LogP contribution in [0, 0.1) is 6.92 Å². The van der Waals surface area contributed by atoms with Gasteiger partial charge in [0.2, 0.25) is 0 Å². The summed E-state index contributed by atoms with van der Waals surface area (Å²) in [6, 6.07) is 14.4. The minimum Gasteiger partial charge on any atom is -0.356 e. The molecule has 1 aromatic carbocycles. The van der Waals surface area contributed by atoms with Crippen molar-refractivity contribution in [2.75, 3.05) is 13.6 Å². The van der Waals surface area contributed by atoms with E-state index in [1.807, 2.05) is 22.9 Å². The zero-order chi connectivity index (χ0) is 18.2. The number of halogens is 1. The fraction of sp³-hybridized carbons (Fsp3) is 0.300. The molecule has 0 fully saturated rings. The first kappa shape index (κ1) is 21.4. The fourth-order valence-electron chi connectivity index (χ4n) is 2.74. The molecule has 0 spiro atoms. The van der Waals surface area contributed by atoms with Crippen molar-refractivity contribution >= 4 is 41.3 Å². The maximum absolute atomic E-state index is 4.63. The Morgan fingerprint density at radius 1 is 1.15 bits per heavy atom. The average molecular weight is 495 g/mol. The molecule has 27 heavy (non-hydrogen) atoms. The quantitative estimate of drug-likeness (QED) is 0.224. The van der Waals surface area contributed by atoms with Gasteiger partial charge in [-0.3, -0.25) is 4.99 Å². The molecule has 5 nitrogen and oxygen atoms in total. The Hall–Kier alpha value is -1.87. The lowest BCUT2D eigenvalue weighted by Crippen LogP contribution is -2.37. The molecule has 2 N–H and O–H groups in total. The summed E-state index contributed by atoms with van der Waals surface area (Å²) in [7, 11) is 1.80. The zero-order valence-corrected chi connectivity index (χ0v) is 18.8. The number of hydrogen-bond donors (Lipinski definition) is 2. The summed E-state index contributed by atoms with van der Waals surface area (Å²) in [6.07, 6.45) is 4.16. The lowest BCUT2D eigenvalue weighted by molar-refractivity contribution is 0.742. The van der Waals surface area contributed by atoms with Gasteiger partial charge in [-0.05, 0) is 48.9 Å². The molecule has 0 aliphatic heterocycles. The summed E-state index contributed by atoms with van der Waals surface area (Å²) in [5.74, 6) is 0.843. The van der Waals surface area contributed by atoms with Gasteiger partial charge in [-0.15, -0.1) is 35.3 Å². The Kier molecular flexibility index (Phi) is 8.80. The molecule has 0 atom stereocenters. The highest BCUT2D eigenvalue weighted by atomic mass is 127. The molecule has 0 aliphatic rings. The van der Waals surface area contributed by atoms with Gasteiger partial charge >= 0.3 is 0 Å². The van der Waals surface area contributed by atoms with E-state index in [4.69, 9.17) is 0 Å². The van der Waals surface area contributed by atoms with Crippen molar-refractivity contribution in [3.63, 3.8) is 0 Å². The van der Waals surface area contributed by atoms with Crippen LogP contribution < -0.4 is 10.6 Å². The lowest BCUT2D eigenvalue weighted by atomic mass is 10.1. The Morgan fingerprint density at radius 2 is 1.96 bits per heavy atom. The van der Waals surface area contributed by atoms with E-state index >= 15 is 0 Å². The Labute approximate surface area is 181 Å². The molecule has 0 aliphatic carbocycles. The van der Waals surface area contributed by atoms with Crippen molar-refractivity contribution in [2.45, 2.75) is 26.3 Å². The maximum atomic E-state index is 4.63. The number of guanidine groups is 1. The van der Waals surface area contributed by atoms with E-state index in [-0.39, 0.29) is 24.0 Å². The summed E-state index contributed by atoms with van der Waals surface area (Å²) in [4.78, 5) is 5.58. The van der Waals surface area contributed by atoms with Gasteiger partial charge in [0.15, 0.2) is 5.96 Å². The fourth-order valence-corrected chi connectivity index (χ4v) is 3.39. The summed E-state index contributed by atoms with van der Waals surface area (Å²) >= 11 is 1.75. The molecule has 0 saturated carbocycles. The molecule has 0 unspecified atom stereocenters. The molecular weight excluding hydrogens is 469 g/mol. The second-order valence-electron chi connectivity index (χ2n) is 6.06. The monoisotopic (exact) mass is 495 g/mol. The van der Waals surface area contributed by atoms with Gasteiger partial charge in [-0.2, -0.15) is 5.10 Å². The molecule has 144 valence electrons. The molecule has 0 saturated heterocycles. The highest BCUT2D eigenvalue weighted by Crippen LogP contribution is 2.13. The molecule has 3 rings (SSSR count). The van der Waals surface area contributed by atoms with Crippen LogP contribution in [0.1, 0.15) is 22.6 Å². The van der Waals surface area contributed by atoms with Crippen LogP contribution in [0.25, 0.3) is 5.69 Å². The number of rotatable bonds is 7. The van der Waals surface area contributed by atoms with E-state index in [2.05, 4.69) is 63.5 Å². The van der Waals surface area contributed by atoms with Crippen molar-refractivity contribution in [3.05, 3.63) is 70.2 Å². The number of benzene rings is 1. The van der Waals surface area contributed by atoms with Gasteiger partial charge in [0, 0.05) is 24.7 Å². The largest absolute Gasteiger partial charge is 0.356 e. The molecule has 2 heterocycles. The van der Waals surface area contributed by atoms with Gasteiger partial charge in [-0.25, -0.2) is 4.68 Å². The standard InChI is InChI=1S/C20H25N5S.HI/c1-16-17(15-25(24-16)18-9-4-3-5-10-18)8-6-12-22-20(21-2)23-14-19-11-7-13-26-19;/h3-5,7,9-11,13,15H,6,8,12,14H2,1-2H3,(H2,21,22,23);1H. The van der Waals surface area contributed by atoms with Crippen LogP contribution in [0.4, 0.5) is 0 Å². The van der Waals surface area contributed by atoms with E-state index in [0.29, 0.717) is 0 Å². The number of nitrogens with one attached hydrogen (secondary N) is 2. The SMILES string of the molecule is CN=C(NCCCc1cn(-c2ccccc2)nc1C)NCc1cccs1.I. The molecule has 7 heteroatoms. The number of hydrogen-bond acceptors (Lipinski definition) is 3. The predicted octanol–water partition coefficient (Wildman–Crippen LogP) is 4.16. The summed E-state index contributed by atoms with van der Waals surface area (Å²) in [5, 5.41) is 13.4. The van der Waals surface area contributed by atoms with Crippen LogP contribution in [0.5, 0.6) is 0 Å². The van der Waals surface area contributed by atoms with Crippen LogP contribution in [0.2, 0.25) is 0 Å². The number of thiophene rings is 1. The van der Waals surface area contributed by atoms with Crippen LogP contribution in [-0.4, -0.2) is 29.3 Å². The molecule has 3 aromatic rings. The normalized spacial score (nSPS) is 11.1. The minimum absolute atomic E-state index is 0. The van der Waals surface area contributed by atoms with Crippen molar-refractivity contribution in [3.8, 4) is 5.69 Å². The first-order chi connectivity index (χ1) is 12.8. The van der Waals surface area contributed by atoms with Crippen molar-refractivity contribution in [1.29, 1.82) is 0 Å². The molecular formula is C20H26IN5S. The minimum atomic E-state index is 0. The zero-order valence-electron chi connectivity index (χ0n) is 15.7. The average Bonchev–Trinajstić information content (AvgIpc) is 3.32. The van der Waals surface area contributed by atoms with Crippen molar-refractivity contribution < 1.29 is 0 Å². The third-order valence-corrected chi connectivity index (χ3v) is 5.05. The lowest BCUT2D eigenvalue weighted by Gasteiger charge is -2.10. The third kappa shape index (κ3) is 6.35. The smallest absolute Gasteiger partial charge is 0.191 e. The van der Waals surface area contributed by atoms with Gasteiger partial charge in [0.25, 0.3) is 0 Å². The van der Waals surface area contributed by atoms with Gasteiger partial charge in [0.05, 0.1) is 17.9 Å². The summed E-state index contributed by atoms with van der Waals surface area (Å²) in [6.45, 7) is 3.75. The van der Waals surface area contributed by atoms with Gasteiger partial charge in [-0.1, -0.05) is 24.3 Å². The first-order valence-electron chi connectivity index (χ1n) is 8.83. The van der Waals surface area contributed by atoms with E-state index < -0.39 is 0 Å². The van der Waals surface area contributed by atoms with Crippen molar-refractivity contribution in [2.24, 2.45) is 4.99 Å². The van der Waals surface area contributed by atoms with Crippen LogP contribution in [0.3, 0.4) is 0 Å². The maximum Gasteiger partial charge on any atom is 0.191 e. The molecule has 0 bridgehead atoms. The number of aryl methyl sites for hydroxylation is 2. The van der Waals surface area contributed by atoms with E-state index in [1.54, 1.807) is 18.4 Å². The topological polar surface area (TPSA) is 54.2 Å². The molecule has 0 amide bonds. The predicted molar refractivity (Wildman–Crippen MR) is 125 cm³/mol. The number of nitrogens with zero attached hydrogens (tertiary/aromatic N) is 3. The number of aliphatic imine (C=N–C) groups is 1. The Bertz CT molecular complexity index is 827. The Balaban J connectivity index is 0.00000261. The highest BCUT2D eigenvalue weighted by molar-refractivity contribution is 14.0.